The molecule has 92 valence electrons. The third-order valence-electron chi connectivity index (χ3n) is 2.90. The van der Waals surface area contributed by atoms with Crippen molar-refractivity contribution in [1.82, 2.24) is 5.32 Å². The molecule has 1 aliphatic carbocycles. The topological polar surface area (TPSA) is 81.4 Å². The number of esters is 1. The molecule has 1 unspecified atom stereocenters. The highest BCUT2D eigenvalue weighted by atomic mass is 16.5. The minimum atomic E-state index is -1.19. The molecule has 1 fully saturated rings. The van der Waals surface area contributed by atoms with Gasteiger partial charge in [0.05, 0.1) is 6.61 Å². The summed E-state index contributed by atoms with van der Waals surface area (Å²) in [6.45, 7) is 2.51. The first-order valence-electron chi connectivity index (χ1n) is 5.85. The van der Waals surface area contributed by atoms with Gasteiger partial charge in [-0.2, -0.15) is 0 Å². The molecule has 5 nitrogen and oxygen atoms in total. The van der Waals surface area contributed by atoms with E-state index in [9.17, 15) is 9.59 Å². The normalized spacial score (nSPS) is 17.4. The smallest absolute Gasteiger partial charge is 0.332 e. The molecule has 0 saturated heterocycles. The molecule has 0 spiro atoms. The zero-order valence-corrected chi connectivity index (χ0v) is 9.70. The number of hydrogen-bond donors (Lipinski definition) is 2. The molecule has 0 heterocycles. The lowest BCUT2D eigenvalue weighted by Crippen LogP contribution is -2.47. The van der Waals surface area contributed by atoms with Gasteiger partial charge in [0.2, 0.25) is 5.91 Å². The minimum Gasteiger partial charge on any atom is -0.464 e. The summed E-state index contributed by atoms with van der Waals surface area (Å²) < 4.78 is 4.66. The molecule has 16 heavy (non-hydrogen) atoms. The van der Waals surface area contributed by atoms with Crippen LogP contribution in [0.2, 0.25) is 0 Å². The maximum absolute atomic E-state index is 11.4. The van der Waals surface area contributed by atoms with Crippen molar-refractivity contribution in [3.05, 3.63) is 0 Å². The van der Waals surface area contributed by atoms with Crippen LogP contribution in [0.25, 0.3) is 0 Å². The molecular formula is C11H20N2O3. The summed E-state index contributed by atoms with van der Waals surface area (Å²) in [4.78, 5) is 22.6. The van der Waals surface area contributed by atoms with Crippen molar-refractivity contribution < 1.29 is 14.3 Å². The van der Waals surface area contributed by atoms with Crippen molar-refractivity contribution in [1.29, 1.82) is 0 Å². The number of hydrogen-bond acceptors (Lipinski definition) is 4. The van der Waals surface area contributed by atoms with Crippen LogP contribution in [0.1, 0.15) is 32.6 Å². The van der Waals surface area contributed by atoms with Crippen LogP contribution in [-0.4, -0.2) is 31.1 Å². The maximum Gasteiger partial charge on any atom is 0.332 e. The first-order chi connectivity index (χ1) is 7.65. The molecule has 0 radical (unpaired) electrons. The van der Waals surface area contributed by atoms with E-state index >= 15 is 0 Å². The van der Waals surface area contributed by atoms with E-state index in [1.807, 2.05) is 0 Å². The van der Waals surface area contributed by atoms with E-state index in [0.29, 0.717) is 6.54 Å². The molecule has 1 amide bonds. The van der Waals surface area contributed by atoms with Crippen molar-refractivity contribution in [2.24, 2.45) is 11.7 Å². The number of amides is 1. The first kappa shape index (κ1) is 13.0. The van der Waals surface area contributed by atoms with Gasteiger partial charge in [0.25, 0.3) is 0 Å². The van der Waals surface area contributed by atoms with Gasteiger partial charge in [0.1, 0.15) is 0 Å². The van der Waals surface area contributed by atoms with Gasteiger partial charge in [0, 0.05) is 6.54 Å². The highest BCUT2D eigenvalue weighted by Crippen LogP contribution is 2.28. The number of carbonyl (C=O) groups excluding carboxylic acids is 2. The van der Waals surface area contributed by atoms with Gasteiger partial charge in [-0.05, 0) is 19.3 Å². The van der Waals surface area contributed by atoms with Gasteiger partial charge < -0.3 is 15.8 Å². The van der Waals surface area contributed by atoms with E-state index in [0.717, 1.165) is 12.3 Å². The molecular weight excluding hydrogens is 208 g/mol. The van der Waals surface area contributed by atoms with Gasteiger partial charge in [-0.1, -0.05) is 19.3 Å². The van der Waals surface area contributed by atoms with E-state index in [4.69, 9.17) is 5.73 Å². The van der Waals surface area contributed by atoms with Crippen LogP contribution in [0.15, 0.2) is 0 Å². The van der Waals surface area contributed by atoms with E-state index in [-0.39, 0.29) is 6.61 Å². The van der Waals surface area contributed by atoms with Gasteiger partial charge in [0.15, 0.2) is 6.04 Å². The Morgan fingerprint density at radius 1 is 1.50 bits per heavy atom. The fourth-order valence-corrected chi connectivity index (χ4v) is 1.63. The highest BCUT2D eigenvalue weighted by molar-refractivity contribution is 6.01. The lowest BCUT2D eigenvalue weighted by atomic mass is 9.83. The summed E-state index contributed by atoms with van der Waals surface area (Å²) in [5.41, 5.74) is 5.42. The van der Waals surface area contributed by atoms with E-state index in [2.05, 4.69) is 10.1 Å². The van der Waals surface area contributed by atoms with Crippen LogP contribution >= 0.6 is 0 Å². The number of rotatable bonds is 6. The van der Waals surface area contributed by atoms with Crippen molar-refractivity contribution in [3.8, 4) is 0 Å². The number of nitrogens with one attached hydrogen (secondary N) is 1. The predicted octanol–water partition coefficient (Wildman–Crippen LogP) is 0.183. The molecule has 1 rings (SSSR count). The van der Waals surface area contributed by atoms with Crippen molar-refractivity contribution in [2.75, 3.05) is 13.2 Å². The molecule has 1 saturated carbocycles. The fraction of sp³-hybridized carbons (Fsp3) is 0.818. The van der Waals surface area contributed by atoms with Crippen molar-refractivity contribution >= 4 is 11.9 Å². The molecule has 5 heteroatoms. The van der Waals surface area contributed by atoms with Crippen LogP contribution in [0, 0.1) is 5.92 Å². The van der Waals surface area contributed by atoms with E-state index < -0.39 is 17.9 Å². The van der Waals surface area contributed by atoms with Gasteiger partial charge in [-0.3, -0.25) is 4.79 Å². The summed E-state index contributed by atoms with van der Waals surface area (Å²) in [6, 6.07) is -1.19. The van der Waals surface area contributed by atoms with E-state index in [1.54, 1.807) is 6.92 Å². The molecule has 1 atom stereocenters. The Hall–Kier alpha value is -1.10. The standard InChI is InChI=1S/C11H20N2O3/c1-2-16-11(15)9(12)10(14)13-7-6-8-4-3-5-8/h8-9H,2-7,12H2,1H3,(H,13,14). The summed E-state index contributed by atoms with van der Waals surface area (Å²) in [5, 5.41) is 2.66. The Labute approximate surface area is 95.7 Å². The second-order valence-electron chi connectivity index (χ2n) is 4.11. The quantitative estimate of drug-likeness (QED) is 0.502. The second kappa shape index (κ2) is 6.48. The summed E-state index contributed by atoms with van der Waals surface area (Å²) in [5.74, 6) is -0.375. The average molecular weight is 228 g/mol. The van der Waals surface area contributed by atoms with Crippen LogP contribution < -0.4 is 11.1 Å². The van der Waals surface area contributed by atoms with Crippen LogP contribution in [0.5, 0.6) is 0 Å². The Bertz CT molecular complexity index is 252. The third kappa shape index (κ3) is 3.81. The largest absolute Gasteiger partial charge is 0.464 e. The van der Waals surface area contributed by atoms with Gasteiger partial charge >= 0.3 is 5.97 Å². The Morgan fingerprint density at radius 2 is 2.19 bits per heavy atom. The first-order valence-corrected chi connectivity index (χ1v) is 5.85. The summed E-state index contributed by atoms with van der Waals surface area (Å²) in [7, 11) is 0. The number of ether oxygens (including phenoxy) is 1. The van der Waals surface area contributed by atoms with Crippen LogP contribution in [-0.2, 0) is 14.3 Å². The number of nitrogens with two attached hydrogens (primary N) is 1. The van der Waals surface area contributed by atoms with E-state index in [1.165, 1.54) is 19.3 Å². The SMILES string of the molecule is CCOC(=O)C(N)C(=O)NCCC1CCC1. The molecule has 0 aliphatic heterocycles. The lowest BCUT2D eigenvalue weighted by Gasteiger charge is -2.25. The molecule has 0 aromatic carbocycles. The average Bonchev–Trinajstić information content (AvgIpc) is 2.20. The predicted molar refractivity (Wildman–Crippen MR) is 59.6 cm³/mol. The third-order valence-corrected chi connectivity index (χ3v) is 2.90. The lowest BCUT2D eigenvalue weighted by molar-refractivity contribution is -0.147. The van der Waals surface area contributed by atoms with Crippen LogP contribution in [0.3, 0.4) is 0 Å². The Morgan fingerprint density at radius 3 is 2.69 bits per heavy atom. The zero-order chi connectivity index (χ0) is 12.0. The Balaban J connectivity index is 2.14. The van der Waals surface area contributed by atoms with Crippen molar-refractivity contribution in [3.63, 3.8) is 0 Å². The fourth-order valence-electron chi connectivity index (χ4n) is 1.63. The molecule has 0 bridgehead atoms. The monoisotopic (exact) mass is 228 g/mol. The summed E-state index contributed by atoms with van der Waals surface area (Å²) in [6.07, 6.45) is 4.77. The van der Waals surface area contributed by atoms with Gasteiger partial charge in [-0.15, -0.1) is 0 Å². The van der Waals surface area contributed by atoms with Crippen molar-refractivity contribution in [2.45, 2.75) is 38.6 Å². The van der Waals surface area contributed by atoms with Gasteiger partial charge in [-0.25, -0.2) is 4.79 Å². The minimum absolute atomic E-state index is 0.238. The Kier molecular flexibility index (Phi) is 5.25. The highest BCUT2D eigenvalue weighted by Gasteiger charge is 2.23. The molecule has 3 N–H and O–H groups in total. The van der Waals surface area contributed by atoms with Crippen LogP contribution in [0.4, 0.5) is 0 Å². The molecule has 1 aliphatic rings. The number of carbonyl (C=O) groups is 2. The second-order valence-corrected chi connectivity index (χ2v) is 4.11. The zero-order valence-electron chi connectivity index (χ0n) is 9.70. The molecule has 0 aromatic heterocycles. The molecule has 0 aromatic rings. The summed E-state index contributed by atoms with van der Waals surface area (Å²) >= 11 is 0. The maximum atomic E-state index is 11.4.